The third kappa shape index (κ3) is 5.78. The molecule has 1 atom stereocenters. The first-order valence-electron chi connectivity index (χ1n) is 9.61. The summed E-state index contributed by atoms with van der Waals surface area (Å²) in [6.07, 6.45) is 2.42. The molecule has 1 aliphatic rings. The van der Waals surface area contributed by atoms with Crippen molar-refractivity contribution in [2.45, 2.75) is 25.7 Å². The Morgan fingerprint density at radius 1 is 1.24 bits per heavy atom. The van der Waals surface area contributed by atoms with Gasteiger partial charge in [-0.2, -0.15) is 0 Å². The standard InChI is InChI=1S/C21H26N6O2/c1-14-7-8-18(24-12-14)27-19(28)9-10-23-21(22-2)25-13-15-11-20(29)26-17-6-4-3-5-16(15)17/h3-8,12,15H,9-11,13H2,1-2H3,(H,26,29)(H2,22,23,25)(H,24,27,28). The van der Waals surface area contributed by atoms with Crippen molar-refractivity contribution in [3.63, 3.8) is 0 Å². The lowest BCUT2D eigenvalue weighted by Crippen LogP contribution is -2.41. The maximum absolute atomic E-state index is 12.1. The summed E-state index contributed by atoms with van der Waals surface area (Å²) in [4.78, 5) is 32.3. The second-order valence-corrected chi connectivity index (χ2v) is 6.94. The molecule has 1 aromatic heterocycles. The van der Waals surface area contributed by atoms with Crippen LogP contribution in [0.2, 0.25) is 0 Å². The Labute approximate surface area is 170 Å². The molecule has 1 aliphatic heterocycles. The van der Waals surface area contributed by atoms with Gasteiger partial charge in [0.2, 0.25) is 11.8 Å². The average molecular weight is 394 g/mol. The van der Waals surface area contributed by atoms with Gasteiger partial charge in [0.1, 0.15) is 5.82 Å². The zero-order valence-electron chi connectivity index (χ0n) is 16.7. The number of nitrogens with one attached hydrogen (secondary N) is 4. The molecule has 8 heteroatoms. The lowest BCUT2D eigenvalue weighted by Gasteiger charge is -2.26. The van der Waals surface area contributed by atoms with Crippen molar-refractivity contribution in [1.29, 1.82) is 0 Å². The summed E-state index contributed by atoms with van der Waals surface area (Å²) in [6, 6.07) is 11.5. The summed E-state index contributed by atoms with van der Waals surface area (Å²) < 4.78 is 0. The van der Waals surface area contributed by atoms with Gasteiger partial charge in [-0.05, 0) is 30.2 Å². The molecule has 29 heavy (non-hydrogen) atoms. The molecule has 0 spiro atoms. The van der Waals surface area contributed by atoms with E-state index in [9.17, 15) is 9.59 Å². The smallest absolute Gasteiger partial charge is 0.227 e. The molecule has 2 heterocycles. The van der Waals surface area contributed by atoms with Crippen LogP contribution in [0.4, 0.5) is 11.5 Å². The second kappa shape index (κ2) is 9.68. The van der Waals surface area contributed by atoms with Crippen LogP contribution in [0.3, 0.4) is 0 Å². The van der Waals surface area contributed by atoms with Gasteiger partial charge in [0.05, 0.1) is 0 Å². The summed E-state index contributed by atoms with van der Waals surface area (Å²) in [6.45, 7) is 2.95. The maximum Gasteiger partial charge on any atom is 0.227 e. The quantitative estimate of drug-likeness (QED) is 0.443. The molecular weight excluding hydrogens is 368 g/mol. The van der Waals surface area contributed by atoms with Gasteiger partial charge in [-0.25, -0.2) is 4.98 Å². The fourth-order valence-corrected chi connectivity index (χ4v) is 3.17. The number of amides is 2. The summed E-state index contributed by atoms with van der Waals surface area (Å²) in [7, 11) is 1.67. The van der Waals surface area contributed by atoms with Crippen molar-refractivity contribution in [2.75, 3.05) is 30.8 Å². The molecule has 0 radical (unpaired) electrons. The molecule has 1 aromatic carbocycles. The van der Waals surface area contributed by atoms with E-state index in [1.807, 2.05) is 37.3 Å². The predicted molar refractivity (Wildman–Crippen MR) is 114 cm³/mol. The molecule has 2 amide bonds. The molecular formula is C21H26N6O2. The van der Waals surface area contributed by atoms with Crippen LogP contribution in [0.25, 0.3) is 0 Å². The number of carbonyl (C=O) groups excluding carboxylic acids is 2. The Hall–Kier alpha value is -3.42. The van der Waals surface area contributed by atoms with E-state index in [0.717, 1.165) is 16.8 Å². The third-order valence-electron chi connectivity index (χ3n) is 4.67. The molecule has 8 nitrogen and oxygen atoms in total. The summed E-state index contributed by atoms with van der Waals surface area (Å²) in [5, 5.41) is 12.0. The Bertz CT molecular complexity index is 894. The first kappa shape index (κ1) is 20.3. The Morgan fingerprint density at radius 3 is 2.83 bits per heavy atom. The second-order valence-electron chi connectivity index (χ2n) is 6.94. The Morgan fingerprint density at radius 2 is 2.07 bits per heavy atom. The highest BCUT2D eigenvalue weighted by Crippen LogP contribution is 2.31. The number of pyridine rings is 1. The molecule has 4 N–H and O–H groups in total. The monoisotopic (exact) mass is 394 g/mol. The van der Waals surface area contributed by atoms with E-state index in [1.165, 1.54) is 0 Å². The first-order chi connectivity index (χ1) is 14.0. The predicted octanol–water partition coefficient (Wildman–Crippen LogP) is 2.01. The molecule has 0 bridgehead atoms. The number of aromatic nitrogens is 1. The number of hydrogen-bond acceptors (Lipinski definition) is 4. The van der Waals surface area contributed by atoms with Gasteiger partial charge < -0.3 is 21.3 Å². The number of guanidine groups is 1. The number of carbonyl (C=O) groups is 2. The first-order valence-corrected chi connectivity index (χ1v) is 9.61. The molecule has 1 unspecified atom stereocenters. The van der Waals surface area contributed by atoms with Crippen LogP contribution in [-0.2, 0) is 9.59 Å². The molecule has 0 fully saturated rings. The van der Waals surface area contributed by atoms with E-state index in [4.69, 9.17) is 0 Å². The van der Waals surface area contributed by atoms with Crippen molar-refractivity contribution in [1.82, 2.24) is 15.6 Å². The number of nitrogens with zero attached hydrogens (tertiary/aromatic N) is 2. The summed E-state index contributed by atoms with van der Waals surface area (Å²) in [5.41, 5.74) is 3.01. The van der Waals surface area contributed by atoms with Crippen LogP contribution in [0.5, 0.6) is 0 Å². The fraction of sp³-hybridized carbons (Fsp3) is 0.333. The molecule has 152 valence electrons. The van der Waals surface area contributed by atoms with E-state index < -0.39 is 0 Å². The van der Waals surface area contributed by atoms with Crippen molar-refractivity contribution < 1.29 is 9.59 Å². The SMILES string of the molecule is CN=C(NCCC(=O)Nc1ccc(C)cn1)NCC1CC(=O)Nc2ccccc21. The van der Waals surface area contributed by atoms with E-state index in [0.29, 0.717) is 31.3 Å². The van der Waals surface area contributed by atoms with Crippen molar-refractivity contribution >= 4 is 29.3 Å². The minimum absolute atomic E-state index is 0.0137. The van der Waals surface area contributed by atoms with Gasteiger partial charge in [0.15, 0.2) is 5.96 Å². The lowest BCUT2D eigenvalue weighted by atomic mass is 9.90. The summed E-state index contributed by atoms with van der Waals surface area (Å²) in [5.74, 6) is 1.09. The molecule has 2 aromatic rings. The number of hydrogen-bond donors (Lipinski definition) is 4. The normalized spacial score (nSPS) is 15.9. The maximum atomic E-state index is 12.1. The van der Waals surface area contributed by atoms with Crippen LogP contribution in [0.1, 0.15) is 29.9 Å². The minimum atomic E-state index is -0.123. The topological polar surface area (TPSA) is 108 Å². The van der Waals surface area contributed by atoms with Crippen LogP contribution in [-0.4, -0.2) is 42.9 Å². The molecule has 0 aliphatic carbocycles. The van der Waals surface area contributed by atoms with E-state index >= 15 is 0 Å². The highest BCUT2D eigenvalue weighted by atomic mass is 16.2. The zero-order chi connectivity index (χ0) is 20.6. The average Bonchev–Trinajstić information content (AvgIpc) is 2.72. The van der Waals surface area contributed by atoms with Crippen LogP contribution in [0, 0.1) is 6.92 Å². The van der Waals surface area contributed by atoms with Crippen molar-refractivity contribution in [2.24, 2.45) is 4.99 Å². The number of benzene rings is 1. The van der Waals surface area contributed by atoms with Gasteiger partial charge in [-0.3, -0.25) is 14.6 Å². The van der Waals surface area contributed by atoms with Gasteiger partial charge in [-0.15, -0.1) is 0 Å². The van der Waals surface area contributed by atoms with Crippen LogP contribution >= 0.6 is 0 Å². The largest absolute Gasteiger partial charge is 0.356 e. The lowest BCUT2D eigenvalue weighted by molar-refractivity contribution is -0.117. The van der Waals surface area contributed by atoms with Crippen molar-refractivity contribution in [3.8, 4) is 0 Å². The Balaban J connectivity index is 1.45. The highest BCUT2D eigenvalue weighted by Gasteiger charge is 2.24. The zero-order valence-corrected chi connectivity index (χ0v) is 16.7. The number of fused-ring (bicyclic) bond motifs is 1. The molecule has 3 rings (SSSR count). The summed E-state index contributed by atoms with van der Waals surface area (Å²) >= 11 is 0. The van der Waals surface area contributed by atoms with Crippen LogP contribution in [0.15, 0.2) is 47.6 Å². The van der Waals surface area contributed by atoms with Gasteiger partial charge in [0, 0.05) is 50.8 Å². The Kier molecular flexibility index (Phi) is 6.78. The van der Waals surface area contributed by atoms with Crippen LogP contribution < -0.4 is 21.3 Å². The fourth-order valence-electron chi connectivity index (χ4n) is 3.17. The molecule has 0 saturated heterocycles. The number of aryl methyl sites for hydroxylation is 1. The van der Waals surface area contributed by atoms with E-state index in [1.54, 1.807) is 19.3 Å². The van der Waals surface area contributed by atoms with Gasteiger partial charge in [0.25, 0.3) is 0 Å². The number of rotatable bonds is 6. The van der Waals surface area contributed by atoms with Gasteiger partial charge >= 0.3 is 0 Å². The molecule has 0 saturated carbocycles. The number of aliphatic imine (C=N–C) groups is 1. The van der Waals surface area contributed by atoms with E-state index in [2.05, 4.69) is 31.2 Å². The third-order valence-corrected chi connectivity index (χ3v) is 4.67. The number of anilines is 2. The van der Waals surface area contributed by atoms with Crippen molar-refractivity contribution in [3.05, 3.63) is 53.7 Å². The minimum Gasteiger partial charge on any atom is -0.356 e. The van der Waals surface area contributed by atoms with E-state index in [-0.39, 0.29) is 24.2 Å². The van der Waals surface area contributed by atoms with Gasteiger partial charge in [-0.1, -0.05) is 24.3 Å². The number of para-hydroxylation sites is 1. The highest BCUT2D eigenvalue weighted by molar-refractivity contribution is 5.95.